The second-order valence-electron chi connectivity index (χ2n) is 5.63. The molecule has 3 rings (SSSR count). The lowest BCUT2D eigenvalue weighted by atomic mass is 10.1. The minimum absolute atomic E-state index is 0.213. The molecule has 0 unspecified atom stereocenters. The first-order valence-electron chi connectivity index (χ1n) is 8.24. The number of hydrogen-bond donors (Lipinski definition) is 1. The summed E-state index contributed by atoms with van der Waals surface area (Å²) in [7, 11) is 1.29. The van der Waals surface area contributed by atoms with Crippen LogP contribution < -0.4 is 10.3 Å². The van der Waals surface area contributed by atoms with Crippen LogP contribution in [-0.2, 0) is 4.74 Å². The number of fused-ring (bicyclic) bond motifs is 1. The van der Waals surface area contributed by atoms with Gasteiger partial charge in [-0.25, -0.2) is 9.78 Å². The molecule has 0 aliphatic carbocycles. The van der Waals surface area contributed by atoms with E-state index in [4.69, 9.17) is 21.1 Å². The number of hydrogen-bond acceptors (Lipinski definition) is 5. The summed E-state index contributed by atoms with van der Waals surface area (Å²) in [5.41, 5.74) is 1.15. The third kappa shape index (κ3) is 4.17. The number of H-pyrrole nitrogens is 1. The monoisotopic (exact) mass is 384 g/mol. The molecule has 1 aromatic heterocycles. The van der Waals surface area contributed by atoms with Crippen molar-refractivity contribution in [1.29, 1.82) is 0 Å². The molecule has 0 spiro atoms. The van der Waals surface area contributed by atoms with E-state index in [0.717, 1.165) is 11.3 Å². The van der Waals surface area contributed by atoms with Crippen LogP contribution >= 0.6 is 11.6 Å². The molecule has 3 aromatic rings. The van der Waals surface area contributed by atoms with E-state index in [1.54, 1.807) is 6.08 Å². The molecular weight excluding hydrogens is 368 g/mol. The molecule has 0 fully saturated rings. The van der Waals surface area contributed by atoms with Crippen LogP contribution in [0.25, 0.3) is 22.0 Å². The van der Waals surface area contributed by atoms with Crippen molar-refractivity contribution in [3.63, 3.8) is 0 Å². The third-order valence-electron chi connectivity index (χ3n) is 3.84. The van der Waals surface area contributed by atoms with Crippen molar-refractivity contribution < 1.29 is 14.3 Å². The molecule has 0 bridgehead atoms. The maximum Gasteiger partial charge on any atom is 0.337 e. The van der Waals surface area contributed by atoms with Gasteiger partial charge in [-0.15, -0.1) is 0 Å². The lowest BCUT2D eigenvalue weighted by molar-refractivity contribution is 0.0601. The molecule has 0 radical (unpaired) electrons. The van der Waals surface area contributed by atoms with Crippen molar-refractivity contribution in [1.82, 2.24) is 9.97 Å². The molecule has 27 heavy (non-hydrogen) atoms. The van der Waals surface area contributed by atoms with E-state index in [2.05, 4.69) is 9.97 Å². The fourth-order valence-electron chi connectivity index (χ4n) is 2.54. The minimum Gasteiger partial charge on any atom is -0.494 e. The van der Waals surface area contributed by atoms with E-state index in [9.17, 15) is 9.59 Å². The van der Waals surface area contributed by atoms with E-state index in [0.29, 0.717) is 23.1 Å². The van der Waals surface area contributed by atoms with Crippen LogP contribution in [0.2, 0.25) is 0 Å². The molecule has 2 aromatic carbocycles. The number of carbonyl (C=O) groups excluding carboxylic acids is 1. The number of rotatable bonds is 5. The molecule has 1 heterocycles. The predicted octanol–water partition coefficient (Wildman–Crippen LogP) is 3.85. The Bertz CT molecular complexity index is 1070. The van der Waals surface area contributed by atoms with Gasteiger partial charge < -0.3 is 14.5 Å². The predicted molar refractivity (Wildman–Crippen MR) is 105 cm³/mol. The summed E-state index contributed by atoms with van der Waals surface area (Å²) < 4.78 is 10.1. The quantitative estimate of drug-likeness (QED) is 0.676. The summed E-state index contributed by atoms with van der Waals surface area (Å²) in [6.07, 6.45) is 1.69. The smallest absolute Gasteiger partial charge is 0.337 e. The summed E-state index contributed by atoms with van der Waals surface area (Å²) in [6, 6.07) is 11.9. The number of benzene rings is 2. The Morgan fingerprint density at radius 3 is 2.63 bits per heavy atom. The SMILES string of the molecule is CCOc1ccc(/C=C(\Cl)c2nc3cc(C(=O)OC)ccc3c(=O)[nH]2)cc1. The van der Waals surface area contributed by atoms with E-state index in [1.807, 2.05) is 31.2 Å². The van der Waals surface area contributed by atoms with Gasteiger partial charge >= 0.3 is 5.97 Å². The lowest BCUT2D eigenvalue weighted by Gasteiger charge is -2.05. The maximum absolute atomic E-state index is 12.3. The van der Waals surface area contributed by atoms with Crippen LogP contribution in [-0.4, -0.2) is 29.7 Å². The molecule has 0 aliphatic heterocycles. The topological polar surface area (TPSA) is 81.3 Å². The van der Waals surface area contributed by atoms with Gasteiger partial charge in [0.2, 0.25) is 0 Å². The van der Waals surface area contributed by atoms with Crippen molar-refractivity contribution in [2.75, 3.05) is 13.7 Å². The van der Waals surface area contributed by atoms with Crippen molar-refractivity contribution >= 4 is 39.6 Å². The number of aromatic amines is 1. The number of ether oxygens (including phenoxy) is 2. The highest BCUT2D eigenvalue weighted by molar-refractivity contribution is 6.50. The number of methoxy groups -OCH3 is 1. The Morgan fingerprint density at radius 1 is 1.22 bits per heavy atom. The Morgan fingerprint density at radius 2 is 1.96 bits per heavy atom. The molecule has 1 N–H and O–H groups in total. The number of nitrogens with zero attached hydrogens (tertiary/aromatic N) is 1. The van der Waals surface area contributed by atoms with Crippen LogP contribution in [0.4, 0.5) is 0 Å². The molecule has 0 saturated heterocycles. The summed E-state index contributed by atoms with van der Waals surface area (Å²) in [4.78, 5) is 31.0. The van der Waals surface area contributed by atoms with E-state index >= 15 is 0 Å². The summed E-state index contributed by atoms with van der Waals surface area (Å²) >= 11 is 6.35. The zero-order chi connectivity index (χ0) is 19.4. The highest BCUT2D eigenvalue weighted by Gasteiger charge is 2.11. The molecule has 0 aliphatic rings. The fourth-order valence-corrected chi connectivity index (χ4v) is 2.75. The zero-order valence-corrected chi connectivity index (χ0v) is 15.5. The highest BCUT2D eigenvalue weighted by Crippen LogP contribution is 2.22. The molecule has 0 atom stereocenters. The van der Waals surface area contributed by atoms with Gasteiger partial charge in [-0.1, -0.05) is 23.7 Å². The minimum atomic E-state index is -0.503. The standard InChI is InChI=1S/C20H17ClN2O4/c1-3-27-14-7-4-12(5-8-14)10-16(21)18-22-17-11-13(20(25)26-2)6-9-15(17)19(24)23-18/h4-11H,3H2,1-2H3,(H,22,23,24)/b16-10-. The first-order chi connectivity index (χ1) is 13.0. The second-order valence-corrected chi connectivity index (χ2v) is 6.04. The largest absolute Gasteiger partial charge is 0.494 e. The van der Waals surface area contributed by atoms with Gasteiger partial charge in [0.1, 0.15) is 5.75 Å². The average Bonchev–Trinajstić information content (AvgIpc) is 2.68. The average molecular weight is 385 g/mol. The van der Waals surface area contributed by atoms with Crippen LogP contribution in [0.5, 0.6) is 5.75 Å². The zero-order valence-electron chi connectivity index (χ0n) is 14.8. The van der Waals surface area contributed by atoms with Crippen molar-refractivity contribution in [3.8, 4) is 5.75 Å². The number of esters is 1. The van der Waals surface area contributed by atoms with Gasteiger partial charge in [-0.2, -0.15) is 0 Å². The van der Waals surface area contributed by atoms with Gasteiger partial charge in [0.05, 0.1) is 35.2 Å². The summed E-state index contributed by atoms with van der Waals surface area (Å²) in [5.74, 6) is 0.472. The summed E-state index contributed by atoms with van der Waals surface area (Å²) in [5, 5.41) is 0.624. The fraction of sp³-hybridized carbons (Fsp3) is 0.150. The van der Waals surface area contributed by atoms with E-state index < -0.39 is 5.97 Å². The molecule has 0 saturated carbocycles. The van der Waals surface area contributed by atoms with E-state index in [-0.39, 0.29) is 16.4 Å². The highest BCUT2D eigenvalue weighted by atomic mass is 35.5. The maximum atomic E-state index is 12.3. The van der Waals surface area contributed by atoms with Gasteiger partial charge in [-0.05, 0) is 48.9 Å². The number of nitrogens with one attached hydrogen (secondary N) is 1. The van der Waals surface area contributed by atoms with Crippen LogP contribution in [0.15, 0.2) is 47.3 Å². The van der Waals surface area contributed by atoms with Crippen LogP contribution in [0.3, 0.4) is 0 Å². The molecule has 7 heteroatoms. The van der Waals surface area contributed by atoms with Gasteiger partial charge in [0.25, 0.3) is 5.56 Å². The molecule has 6 nitrogen and oxygen atoms in total. The molecular formula is C20H17ClN2O4. The summed E-state index contributed by atoms with van der Waals surface area (Å²) in [6.45, 7) is 2.50. The Hall–Kier alpha value is -3.12. The number of aromatic nitrogens is 2. The van der Waals surface area contributed by atoms with Crippen molar-refractivity contribution in [2.45, 2.75) is 6.92 Å². The Labute approximate surface area is 160 Å². The molecule has 138 valence electrons. The van der Waals surface area contributed by atoms with Crippen molar-refractivity contribution in [3.05, 3.63) is 69.8 Å². The van der Waals surface area contributed by atoms with Gasteiger partial charge in [0, 0.05) is 0 Å². The number of halogens is 1. The normalized spacial score (nSPS) is 11.4. The second kappa shape index (κ2) is 8.05. The van der Waals surface area contributed by atoms with Crippen LogP contribution in [0.1, 0.15) is 28.7 Å². The first-order valence-corrected chi connectivity index (χ1v) is 8.62. The van der Waals surface area contributed by atoms with E-state index in [1.165, 1.54) is 25.3 Å². The van der Waals surface area contributed by atoms with Gasteiger partial charge in [0.15, 0.2) is 5.82 Å². The lowest BCUT2D eigenvalue weighted by Crippen LogP contribution is -2.11. The Kier molecular flexibility index (Phi) is 5.57. The van der Waals surface area contributed by atoms with Crippen LogP contribution in [0, 0.1) is 0 Å². The van der Waals surface area contributed by atoms with Crippen molar-refractivity contribution in [2.24, 2.45) is 0 Å². The first kappa shape index (κ1) is 18.7. The van der Waals surface area contributed by atoms with Gasteiger partial charge in [-0.3, -0.25) is 4.79 Å². The molecule has 0 amide bonds. The number of carbonyl (C=O) groups is 1. The Balaban J connectivity index is 1.99. The third-order valence-corrected chi connectivity index (χ3v) is 4.13.